The molecule has 0 bridgehead atoms. The summed E-state index contributed by atoms with van der Waals surface area (Å²) in [6, 6.07) is 6.73. The van der Waals surface area contributed by atoms with Gasteiger partial charge in [-0.3, -0.25) is 14.4 Å². The van der Waals surface area contributed by atoms with Crippen LogP contribution in [0.3, 0.4) is 0 Å². The molecule has 0 saturated carbocycles. The number of nitrogens with zero attached hydrogens (tertiary/aromatic N) is 1. The van der Waals surface area contributed by atoms with Crippen molar-refractivity contribution in [3.05, 3.63) is 29.8 Å². The Kier molecular flexibility index (Phi) is 5.11. The van der Waals surface area contributed by atoms with Crippen molar-refractivity contribution < 1.29 is 29.3 Å². The standard InChI is InChI=1S/C15H17NO6/c17-13(9-12(14(18)19)15(20)21)10-1-3-11(4-2-10)16-5-7-22-8-6-16/h1-4,12H,5-9H2,(H,18,19)(H,20,21). The van der Waals surface area contributed by atoms with Gasteiger partial charge < -0.3 is 19.8 Å². The highest BCUT2D eigenvalue weighted by Gasteiger charge is 2.29. The normalized spacial score (nSPS) is 14.9. The van der Waals surface area contributed by atoms with E-state index in [2.05, 4.69) is 4.90 Å². The van der Waals surface area contributed by atoms with Crippen LogP contribution >= 0.6 is 0 Å². The minimum absolute atomic E-state index is 0.310. The Balaban J connectivity index is 2.04. The second-order valence-corrected chi connectivity index (χ2v) is 5.00. The maximum atomic E-state index is 12.0. The van der Waals surface area contributed by atoms with E-state index in [1.165, 1.54) is 0 Å². The van der Waals surface area contributed by atoms with Gasteiger partial charge in [-0.05, 0) is 24.3 Å². The molecule has 0 amide bonds. The van der Waals surface area contributed by atoms with Gasteiger partial charge in [0.05, 0.1) is 13.2 Å². The zero-order chi connectivity index (χ0) is 16.1. The Bertz CT molecular complexity index is 548. The highest BCUT2D eigenvalue weighted by Crippen LogP contribution is 2.18. The van der Waals surface area contributed by atoms with Gasteiger partial charge in [0.2, 0.25) is 0 Å². The summed E-state index contributed by atoms with van der Waals surface area (Å²) in [5.74, 6) is -5.23. The number of anilines is 1. The second-order valence-electron chi connectivity index (χ2n) is 5.00. The third-order valence-electron chi connectivity index (χ3n) is 3.55. The third-order valence-corrected chi connectivity index (χ3v) is 3.55. The summed E-state index contributed by atoms with van der Waals surface area (Å²) in [7, 11) is 0. The summed E-state index contributed by atoms with van der Waals surface area (Å²) in [6.45, 7) is 2.85. The van der Waals surface area contributed by atoms with Gasteiger partial charge in [-0.1, -0.05) is 0 Å². The number of ketones is 1. The van der Waals surface area contributed by atoms with Crippen molar-refractivity contribution in [2.24, 2.45) is 5.92 Å². The zero-order valence-corrected chi connectivity index (χ0v) is 11.9. The molecule has 0 radical (unpaired) electrons. The maximum Gasteiger partial charge on any atom is 0.318 e. The van der Waals surface area contributed by atoms with Gasteiger partial charge in [-0.15, -0.1) is 0 Å². The molecule has 7 nitrogen and oxygen atoms in total. The zero-order valence-electron chi connectivity index (χ0n) is 11.9. The van der Waals surface area contributed by atoms with Crippen molar-refractivity contribution in [1.29, 1.82) is 0 Å². The molecule has 0 aromatic heterocycles. The first kappa shape index (κ1) is 16.0. The van der Waals surface area contributed by atoms with Gasteiger partial charge in [-0.25, -0.2) is 0 Å². The number of ether oxygens (including phenoxy) is 1. The smallest absolute Gasteiger partial charge is 0.318 e. The van der Waals surface area contributed by atoms with Gasteiger partial charge in [0.15, 0.2) is 11.7 Å². The van der Waals surface area contributed by atoms with Crippen molar-refractivity contribution in [3.63, 3.8) is 0 Å². The predicted molar refractivity (Wildman–Crippen MR) is 77.2 cm³/mol. The first-order valence-electron chi connectivity index (χ1n) is 6.90. The van der Waals surface area contributed by atoms with E-state index in [-0.39, 0.29) is 0 Å². The molecular formula is C15H17NO6. The SMILES string of the molecule is O=C(CC(C(=O)O)C(=O)O)c1ccc(N2CCOCC2)cc1. The Hall–Kier alpha value is -2.41. The van der Waals surface area contributed by atoms with E-state index in [9.17, 15) is 14.4 Å². The number of aliphatic carboxylic acids is 2. The number of benzene rings is 1. The van der Waals surface area contributed by atoms with E-state index < -0.39 is 30.1 Å². The largest absolute Gasteiger partial charge is 0.481 e. The van der Waals surface area contributed by atoms with Gasteiger partial charge in [0, 0.05) is 30.8 Å². The van der Waals surface area contributed by atoms with E-state index in [1.54, 1.807) is 24.3 Å². The highest BCUT2D eigenvalue weighted by molar-refractivity contribution is 6.03. The molecule has 0 atom stereocenters. The van der Waals surface area contributed by atoms with Crippen LogP contribution in [0.5, 0.6) is 0 Å². The third kappa shape index (κ3) is 3.82. The molecule has 1 aliphatic rings. The Morgan fingerprint density at radius 1 is 1.05 bits per heavy atom. The molecule has 1 heterocycles. The van der Waals surface area contributed by atoms with Crippen molar-refractivity contribution in [3.8, 4) is 0 Å². The van der Waals surface area contributed by atoms with Crippen LogP contribution in [0.1, 0.15) is 16.8 Å². The molecule has 2 rings (SSSR count). The average Bonchev–Trinajstić information content (AvgIpc) is 2.52. The number of carbonyl (C=O) groups is 3. The van der Waals surface area contributed by atoms with E-state index in [4.69, 9.17) is 14.9 Å². The fraction of sp³-hybridized carbons (Fsp3) is 0.400. The van der Waals surface area contributed by atoms with Crippen LogP contribution in [0, 0.1) is 5.92 Å². The first-order valence-corrected chi connectivity index (χ1v) is 6.90. The molecule has 2 N–H and O–H groups in total. The van der Waals surface area contributed by atoms with E-state index in [1.807, 2.05) is 0 Å². The maximum absolute atomic E-state index is 12.0. The van der Waals surface area contributed by atoms with Gasteiger partial charge in [-0.2, -0.15) is 0 Å². The quantitative estimate of drug-likeness (QED) is 0.594. The summed E-state index contributed by atoms with van der Waals surface area (Å²) in [5.41, 5.74) is 1.26. The van der Waals surface area contributed by atoms with Crippen LogP contribution in [0.15, 0.2) is 24.3 Å². The number of Topliss-reactive ketones (excluding diaryl/α,β-unsaturated/α-hetero) is 1. The van der Waals surface area contributed by atoms with Crippen molar-refractivity contribution in [2.45, 2.75) is 6.42 Å². The molecule has 118 valence electrons. The summed E-state index contributed by atoms with van der Waals surface area (Å²) in [5, 5.41) is 17.6. The molecule has 1 aromatic carbocycles. The molecule has 1 aliphatic heterocycles. The second kappa shape index (κ2) is 7.04. The minimum atomic E-state index is -1.72. The van der Waals surface area contributed by atoms with Crippen LogP contribution in [0.2, 0.25) is 0 Å². The summed E-state index contributed by atoms with van der Waals surface area (Å²) < 4.78 is 5.26. The number of rotatable bonds is 6. The summed E-state index contributed by atoms with van der Waals surface area (Å²) in [4.78, 5) is 35.7. The monoisotopic (exact) mass is 307 g/mol. The minimum Gasteiger partial charge on any atom is -0.481 e. The van der Waals surface area contributed by atoms with Gasteiger partial charge in [0.1, 0.15) is 0 Å². The average molecular weight is 307 g/mol. The highest BCUT2D eigenvalue weighted by atomic mass is 16.5. The molecule has 1 aromatic rings. The van der Waals surface area contributed by atoms with Crippen LogP contribution in [0.25, 0.3) is 0 Å². The molecule has 0 unspecified atom stereocenters. The first-order chi connectivity index (χ1) is 10.5. The number of carboxylic acids is 2. The predicted octanol–water partition coefficient (Wildman–Crippen LogP) is 0.881. The summed E-state index contributed by atoms with van der Waals surface area (Å²) >= 11 is 0. The number of carboxylic acid groups (broad SMARTS) is 2. The lowest BCUT2D eigenvalue weighted by Gasteiger charge is -2.28. The Morgan fingerprint density at radius 2 is 1.59 bits per heavy atom. The van der Waals surface area contributed by atoms with Crippen molar-refractivity contribution in [2.75, 3.05) is 31.2 Å². The molecule has 0 aliphatic carbocycles. The number of hydrogen-bond donors (Lipinski definition) is 2. The summed E-state index contributed by atoms with van der Waals surface area (Å²) in [6.07, 6.45) is -0.554. The van der Waals surface area contributed by atoms with Crippen LogP contribution in [0.4, 0.5) is 5.69 Å². The molecule has 1 fully saturated rings. The number of hydrogen-bond acceptors (Lipinski definition) is 5. The molecular weight excluding hydrogens is 290 g/mol. The fourth-order valence-corrected chi connectivity index (χ4v) is 2.26. The number of carbonyl (C=O) groups excluding carboxylic acids is 1. The molecule has 1 saturated heterocycles. The molecule has 0 spiro atoms. The Morgan fingerprint density at radius 3 is 2.09 bits per heavy atom. The Labute approximate surface area is 127 Å². The lowest BCUT2D eigenvalue weighted by atomic mass is 9.98. The van der Waals surface area contributed by atoms with Crippen molar-refractivity contribution >= 4 is 23.4 Å². The van der Waals surface area contributed by atoms with Crippen LogP contribution < -0.4 is 4.90 Å². The lowest BCUT2D eigenvalue weighted by molar-refractivity contribution is -0.154. The van der Waals surface area contributed by atoms with Crippen LogP contribution in [-0.2, 0) is 14.3 Å². The van der Waals surface area contributed by atoms with Gasteiger partial charge >= 0.3 is 11.9 Å². The van der Waals surface area contributed by atoms with Gasteiger partial charge in [0.25, 0.3) is 0 Å². The lowest BCUT2D eigenvalue weighted by Crippen LogP contribution is -2.36. The molecule has 22 heavy (non-hydrogen) atoms. The molecule has 7 heteroatoms. The number of morpholine rings is 1. The van der Waals surface area contributed by atoms with E-state index in [0.717, 1.165) is 18.8 Å². The topological polar surface area (TPSA) is 104 Å². The van der Waals surface area contributed by atoms with E-state index in [0.29, 0.717) is 18.8 Å². The fourth-order valence-electron chi connectivity index (χ4n) is 2.26. The van der Waals surface area contributed by atoms with Crippen molar-refractivity contribution in [1.82, 2.24) is 0 Å². The van der Waals surface area contributed by atoms with E-state index >= 15 is 0 Å². The van der Waals surface area contributed by atoms with Crippen LogP contribution in [-0.4, -0.2) is 54.2 Å².